The lowest BCUT2D eigenvalue weighted by Crippen LogP contribution is -2.30. The van der Waals surface area contributed by atoms with Gasteiger partial charge in [0.2, 0.25) is 0 Å². The van der Waals surface area contributed by atoms with Crippen LogP contribution in [0.15, 0.2) is 54.6 Å². The summed E-state index contributed by atoms with van der Waals surface area (Å²) in [6.45, 7) is 16.9. The van der Waals surface area contributed by atoms with Gasteiger partial charge in [-0.1, -0.05) is 115 Å². The molecule has 0 saturated carbocycles. The van der Waals surface area contributed by atoms with Gasteiger partial charge in [0, 0.05) is 15.5 Å². The Bertz CT molecular complexity index is 2020. The van der Waals surface area contributed by atoms with Crippen LogP contribution in [-0.4, -0.2) is 48.4 Å². The molecule has 0 aromatic heterocycles. The SMILES string of the molecule is C.C.C.CC(C)(C)[P@]1(=O)COc2cccc(-c3cccc4c3[P@](=O)(C(C)(C)C)CO4)c21.CC(C)(C)[P@]1(=O)COc2cccc(OS(=O)(=O)C(F)(F)F)c21. The van der Waals surface area contributed by atoms with Crippen molar-refractivity contribution in [2.24, 2.45) is 0 Å². The van der Waals surface area contributed by atoms with Gasteiger partial charge in [0.05, 0.1) is 10.6 Å². The third-order valence-corrected chi connectivity index (χ3v) is 21.7. The molecular formula is C37H54F3O9P3S. The summed E-state index contributed by atoms with van der Waals surface area (Å²) in [6, 6.07) is 15.3. The Morgan fingerprint density at radius 1 is 0.547 bits per heavy atom. The second kappa shape index (κ2) is 14.7. The van der Waals surface area contributed by atoms with Crippen molar-refractivity contribution in [3.8, 4) is 34.1 Å². The minimum absolute atomic E-state index is 0. The van der Waals surface area contributed by atoms with E-state index in [4.69, 9.17) is 14.2 Å². The highest BCUT2D eigenvalue weighted by molar-refractivity contribution is 7.88. The maximum atomic E-state index is 14.1. The van der Waals surface area contributed by atoms with Crippen molar-refractivity contribution >= 4 is 47.5 Å². The molecule has 6 rings (SSSR count). The van der Waals surface area contributed by atoms with E-state index in [-0.39, 0.29) is 52.4 Å². The molecule has 3 aromatic rings. The van der Waals surface area contributed by atoms with Gasteiger partial charge in [-0.05, 0) is 35.4 Å². The van der Waals surface area contributed by atoms with E-state index in [1.807, 2.05) is 77.9 Å². The van der Waals surface area contributed by atoms with E-state index in [0.717, 1.165) is 27.8 Å². The highest BCUT2D eigenvalue weighted by Crippen LogP contribution is 2.66. The second-order valence-electron chi connectivity index (χ2n) is 15.4. The molecule has 0 radical (unpaired) electrons. The number of ether oxygens (including phenoxy) is 3. The smallest absolute Gasteiger partial charge is 0.485 e. The van der Waals surface area contributed by atoms with Gasteiger partial charge in [-0.25, -0.2) is 0 Å². The highest BCUT2D eigenvalue weighted by Gasteiger charge is 2.53. The Morgan fingerprint density at radius 3 is 1.17 bits per heavy atom. The average Bonchev–Trinajstić information content (AvgIpc) is 3.65. The van der Waals surface area contributed by atoms with Crippen LogP contribution >= 0.6 is 21.4 Å². The third kappa shape index (κ3) is 7.62. The number of hydrogen-bond acceptors (Lipinski definition) is 9. The molecule has 9 nitrogen and oxygen atoms in total. The van der Waals surface area contributed by atoms with Crippen LogP contribution in [0.4, 0.5) is 13.2 Å². The third-order valence-electron chi connectivity index (χ3n) is 9.27. The van der Waals surface area contributed by atoms with Gasteiger partial charge in [0.15, 0.2) is 27.2 Å². The molecule has 0 fully saturated rings. The number of fused-ring (bicyclic) bond motifs is 3. The minimum atomic E-state index is -5.84. The van der Waals surface area contributed by atoms with Gasteiger partial charge in [0.25, 0.3) is 0 Å². The van der Waals surface area contributed by atoms with Crippen LogP contribution in [-0.2, 0) is 23.8 Å². The number of alkyl halides is 3. The van der Waals surface area contributed by atoms with E-state index < -0.39 is 58.3 Å². The first kappa shape index (κ1) is 46.4. The van der Waals surface area contributed by atoms with E-state index in [9.17, 15) is 35.3 Å². The van der Waals surface area contributed by atoms with Crippen LogP contribution in [0.5, 0.6) is 23.0 Å². The van der Waals surface area contributed by atoms with E-state index in [0.29, 0.717) is 11.5 Å². The summed E-state index contributed by atoms with van der Waals surface area (Å²) in [5.74, 6) is 0.828. The Balaban J connectivity index is 0.000000357. The van der Waals surface area contributed by atoms with Gasteiger partial charge >= 0.3 is 15.6 Å². The van der Waals surface area contributed by atoms with Crippen LogP contribution in [0.3, 0.4) is 0 Å². The first-order valence-electron chi connectivity index (χ1n) is 15.8. The van der Waals surface area contributed by atoms with E-state index in [1.54, 1.807) is 20.8 Å². The van der Waals surface area contributed by atoms with Crippen LogP contribution in [0, 0.1) is 0 Å². The fourth-order valence-corrected chi connectivity index (χ4v) is 14.1. The summed E-state index contributed by atoms with van der Waals surface area (Å²) in [5.41, 5.74) is -3.85. The van der Waals surface area contributed by atoms with Crippen LogP contribution in [0.2, 0.25) is 0 Å². The topological polar surface area (TPSA) is 122 Å². The van der Waals surface area contributed by atoms with Crippen molar-refractivity contribution in [1.29, 1.82) is 0 Å². The van der Waals surface area contributed by atoms with Crippen LogP contribution < -0.4 is 34.3 Å². The first-order valence-corrected chi connectivity index (χ1v) is 22.9. The van der Waals surface area contributed by atoms with Gasteiger partial charge in [-0.3, -0.25) is 0 Å². The number of hydrogen-bond donors (Lipinski definition) is 0. The average molecular weight is 825 g/mol. The molecule has 0 aliphatic carbocycles. The maximum absolute atomic E-state index is 14.1. The summed E-state index contributed by atoms with van der Waals surface area (Å²) in [6.07, 6.45) is 0.217. The number of benzene rings is 3. The zero-order chi connectivity index (χ0) is 37.5. The fraction of sp³-hybridized carbons (Fsp3) is 0.514. The van der Waals surface area contributed by atoms with Crippen molar-refractivity contribution in [2.75, 3.05) is 19.0 Å². The van der Waals surface area contributed by atoms with Crippen molar-refractivity contribution in [2.45, 2.75) is 106 Å². The summed E-state index contributed by atoms with van der Waals surface area (Å²) in [5, 5.41) is -0.200. The zero-order valence-electron chi connectivity index (χ0n) is 29.4. The molecule has 0 N–H and O–H groups in total. The van der Waals surface area contributed by atoms with Gasteiger partial charge in [0.1, 0.15) is 41.6 Å². The first-order chi connectivity index (χ1) is 22.7. The van der Waals surface area contributed by atoms with Crippen LogP contribution in [0.25, 0.3) is 11.1 Å². The molecule has 0 amide bonds. The summed E-state index contributed by atoms with van der Waals surface area (Å²) < 4.78 is 122. The van der Waals surface area contributed by atoms with Crippen LogP contribution in [0.1, 0.15) is 84.6 Å². The molecule has 3 atom stereocenters. The second-order valence-corrected chi connectivity index (χ2v) is 27.6. The Morgan fingerprint density at radius 2 is 0.849 bits per heavy atom. The van der Waals surface area contributed by atoms with Gasteiger partial charge in [-0.15, -0.1) is 0 Å². The maximum Gasteiger partial charge on any atom is 0.534 e. The molecular weight excluding hydrogens is 770 g/mol. The van der Waals surface area contributed by atoms with Crippen molar-refractivity contribution in [1.82, 2.24) is 0 Å². The molecule has 3 aliphatic rings. The van der Waals surface area contributed by atoms with E-state index >= 15 is 0 Å². The van der Waals surface area contributed by atoms with Crippen molar-refractivity contribution < 1.29 is 53.7 Å². The molecule has 53 heavy (non-hydrogen) atoms. The molecule has 0 bridgehead atoms. The molecule has 3 aliphatic heterocycles. The lowest BCUT2D eigenvalue weighted by atomic mass is 10.0. The van der Waals surface area contributed by atoms with E-state index in [2.05, 4.69) is 4.18 Å². The normalized spacial score (nSPS) is 23.1. The summed E-state index contributed by atoms with van der Waals surface area (Å²) >= 11 is 0. The Labute approximate surface area is 313 Å². The standard InChI is InChI=1S/C22H28O4P2.C12H14F3O5PS.3CH4/c1-21(2,3)27(23)13-25-17-11-7-9-15(19(17)27)16-10-8-12-18-20(16)28(24,14-26-18)22(4,5)6;1-11(2,3)21(16)7-19-8-5-4-6-9(10(8)21)20-22(17,18)12(13,14)15;;;/h7-12H,13-14H2,1-6H3;4-6H,7H2,1-3H3;3*1H4/t27-,28-;21-;;;/m00.../s1. The fourth-order valence-electron chi connectivity index (χ4n) is 5.93. The Hall–Kier alpha value is -2.71. The Kier molecular flexibility index (Phi) is 12.9. The lowest BCUT2D eigenvalue weighted by molar-refractivity contribution is -0.0499. The van der Waals surface area contributed by atoms with Gasteiger partial charge < -0.3 is 32.1 Å². The van der Waals surface area contributed by atoms with Crippen molar-refractivity contribution in [3.05, 3.63) is 54.6 Å². The quantitative estimate of drug-likeness (QED) is 0.144. The molecule has 16 heteroatoms. The predicted molar refractivity (Wildman–Crippen MR) is 212 cm³/mol. The number of rotatable bonds is 3. The largest absolute Gasteiger partial charge is 0.534 e. The molecule has 0 unspecified atom stereocenters. The molecule has 0 spiro atoms. The lowest BCUT2D eigenvalue weighted by Gasteiger charge is -2.30. The van der Waals surface area contributed by atoms with E-state index in [1.165, 1.54) is 12.1 Å². The predicted octanol–water partition coefficient (Wildman–Crippen LogP) is 10.6. The molecule has 3 heterocycles. The molecule has 3 aromatic carbocycles. The monoisotopic (exact) mass is 824 g/mol. The zero-order valence-corrected chi connectivity index (χ0v) is 32.9. The van der Waals surface area contributed by atoms with Gasteiger partial charge in [-0.2, -0.15) is 21.6 Å². The highest BCUT2D eigenvalue weighted by atomic mass is 32.2. The molecule has 0 saturated heterocycles. The van der Waals surface area contributed by atoms with Crippen molar-refractivity contribution in [3.63, 3.8) is 0 Å². The minimum Gasteiger partial charge on any atom is -0.485 e. The molecule has 298 valence electrons. The summed E-state index contributed by atoms with van der Waals surface area (Å²) in [7, 11) is -14.8. The number of halogens is 3. The summed E-state index contributed by atoms with van der Waals surface area (Å²) in [4.78, 5) is 0.